The minimum Gasteiger partial charge on any atom is -0.485 e. The van der Waals surface area contributed by atoms with Crippen LogP contribution in [0.3, 0.4) is 0 Å². The number of methoxy groups -OCH3 is 1. The molecule has 27 heavy (non-hydrogen) atoms. The predicted molar refractivity (Wildman–Crippen MR) is 94.8 cm³/mol. The van der Waals surface area contributed by atoms with Crippen molar-refractivity contribution in [2.45, 2.75) is 24.5 Å². The maximum absolute atomic E-state index is 11.9. The van der Waals surface area contributed by atoms with Crippen LogP contribution in [-0.2, 0) is 15.1 Å². The van der Waals surface area contributed by atoms with Gasteiger partial charge in [0.05, 0.1) is 12.7 Å². The van der Waals surface area contributed by atoms with Crippen molar-refractivity contribution in [2.24, 2.45) is 0 Å². The second-order valence-electron chi connectivity index (χ2n) is 6.69. The van der Waals surface area contributed by atoms with Crippen LogP contribution in [0, 0.1) is 0 Å². The van der Waals surface area contributed by atoms with Crippen molar-refractivity contribution in [3.63, 3.8) is 0 Å². The largest absolute Gasteiger partial charge is 0.485 e. The number of aromatic nitrogens is 1. The molecule has 1 fully saturated rings. The van der Waals surface area contributed by atoms with Gasteiger partial charge in [-0.3, -0.25) is 4.98 Å². The number of rotatable bonds is 3. The first kappa shape index (κ1) is 17.8. The summed E-state index contributed by atoms with van der Waals surface area (Å²) in [6, 6.07) is 7.01. The summed E-state index contributed by atoms with van der Waals surface area (Å²) in [7, 11) is 1.33. The molecule has 2 aliphatic rings. The summed E-state index contributed by atoms with van der Waals surface area (Å²) < 4.78 is 22.0. The second-order valence-corrected chi connectivity index (χ2v) is 6.69. The van der Waals surface area contributed by atoms with E-state index in [0.29, 0.717) is 43.1 Å². The fourth-order valence-electron chi connectivity index (χ4n) is 3.42. The molecule has 1 aromatic carbocycles. The van der Waals surface area contributed by atoms with Crippen molar-refractivity contribution in [3.05, 3.63) is 53.3 Å². The van der Waals surface area contributed by atoms with Crippen LogP contribution in [0.1, 0.15) is 40.4 Å². The van der Waals surface area contributed by atoms with Gasteiger partial charge in [0.15, 0.2) is 17.6 Å². The van der Waals surface area contributed by atoms with E-state index in [0.717, 1.165) is 11.1 Å². The number of aliphatic hydroxyl groups is 1. The summed E-state index contributed by atoms with van der Waals surface area (Å²) in [5.74, 6) is 0.386. The van der Waals surface area contributed by atoms with Gasteiger partial charge in [0, 0.05) is 49.6 Å². The third-order valence-electron chi connectivity index (χ3n) is 5.02. The Hall–Kier alpha value is -2.64. The van der Waals surface area contributed by atoms with E-state index < -0.39 is 11.6 Å². The molecule has 7 heteroatoms. The lowest BCUT2D eigenvalue weighted by atomic mass is 9.86. The van der Waals surface area contributed by atoms with Crippen LogP contribution in [0.2, 0.25) is 0 Å². The number of carbonyl (C=O) groups is 1. The Labute approximate surface area is 156 Å². The fourth-order valence-corrected chi connectivity index (χ4v) is 3.42. The molecule has 1 unspecified atom stereocenters. The van der Waals surface area contributed by atoms with Gasteiger partial charge in [0.1, 0.15) is 12.2 Å². The first-order valence-corrected chi connectivity index (χ1v) is 8.87. The Kier molecular flexibility index (Phi) is 4.72. The minimum atomic E-state index is -0.938. The second kappa shape index (κ2) is 7.17. The summed E-state index contributed by atoms with van der Waals surface area (Å²) in [6.45, 7) is 1.27. The zero-order chi connectivity index (χ0) is 18.9. The van der Waals surface area contributed by atoms with Gasteiger partial charge in [0.25, 0.3) is 0 Å². The number of hydrogen-bond donors (Lipinski definition) is 1. The van der Waals surface area contributed by atoms with Crippen LogP contribution in [-0.4, -0.2) is 43.0 Å². The van der Waals surface area contributed by atoms with Crippen molar-refractivity contribution in [1.29, 1.82) is 0 Å². The summed E-state index contributed by atoms with van der Waals surface area (Å²) >= 11 is 0. The van der Waals surface area contributed by atoms with Crippen LogP contribution in [0.5, 0.6) is 11.5 Å². The molecule has 3 heterocycles. The molecule has 0 radical (unpaired) electrons. The molecule has 0 amide bonds. The lowest BCUT2D eigenvalue weighted by Crippen LogP contribution is -2.34. The lowest BCUT2D eigenvalue weighted by Gasteiger charge is -2.33. The van der Waals surface area contributed by atoms with Crippen LogP contribution >= 0.6 is 0 Å². The number of nitrogens with zero attached hydrogens (tertiary/aromatic N) is 1. The van der Waals surface area contributed by atoms with Crippen LogP contribution in [0.25, 0.3) is 0 Å². The first-order chi connectivity index (χ1) is 13.1. The number of carbonyl (C=O) groups excluding carboxylic acids is 1. The standard InChI is InChI=1S/C20H21NO6/c1-24-19(22)15-3-2-4-16-18(15)26-12-17(27-16)13-9-14(11-21-10-13)20(23)5-7-25-8-6-20/h2-4,9-11,17,23H,5-8,12H2,1H3. The third kappa shape index (κ3) is 3.36. The Morgan fingerprint density at radius 1 is 1.30 bits per heavy atom. The maximum atomic E-state index is 11.9. The first-order valence-electron chi connectivity index (χ1n) is 8.87. The van der Waals surface area contributed by atoms with Gasteiger partial charge in [-0.25, -0.2) is 4.79 Å². The molecule has 0 saturated carbocycles. The Morgan fingerprint density at radius 3 is 2.89 bits per heavy atom. The van der Waals surface area contributed by atoms with Gasteiger partial charge in [-0.15, -0.1) is 0 Å². The van der Waals surface area contributed by atoms with Crippen molar-refractivity contribution < 1.29 is 28.8 Å². The lowest BCUT2D eigenvalue weighted by molar-refractivity contribution is -0.0682. The van der Waals surface area contributed by atoms with E-state index in [1.165, 1.54) is 7.11 Å². The number of benzene rings is 1. The van der Waals surface area contributed by atoms with E-state index in [1.807, 2.05) is 6.07 Å². The number of esters is 1. The van der Waals surface area contributed by atoms with Gasteiger partial charge in [-0.05, 0) is 18.2 Å². The molecule has 4 rings (SSSR count). The predicted octanol–water partition coefficient (Wildman–Crippen LogP) is 2.38. The van der Waals surface area contributed by atoms with Crippen LogP contribution in [0.4, 0.5) is 0 Å². The van der Waals surface area contributed by atoms with Gasteiger partial charge < -0.3 is 24.1 Å². The van der Waals surface area contributed by atoms with Crippen LogP contribution < -0.4 is 9.47 Å². The molecule has 1 aromatic heterocycles. The maximum Gasteiger partial charge on any atom is 0.341 e. The highest BCUT2D eigenvalue weighted by Gasteiger charge is 2.34. The van der Waals surface area contributed by atoms with Crippen molar-refractivity contribution in [2.75, 3.05) is 26.9 Å². The number of ether oxygens (including phenoxy) is 4. The molecule has 0 aliphatic carbocycles. The highest BCUT2D eigenvalue weighted by molar-refractivity contribution is 5.93. The average Bonchev–Trinajstić information content (AvgIpc) is 2.73. The van der Waals surface area contributed by atoms with Crippen molar-refractivity contribution in [3.8, 4) is 11.5 Å². The molecule has 7 nitrogen and oxygen atoms in total. The number of pyridine rings is 1. The molecular formula is C20H21NO6. The summed E-state index contributed by atoms with van der Waals surface area (Å²) in [5.41, 5.74) is 0.951. The van der Waals surface area contributed by atoms with Crippen LogP contribution in [0.15, 0.2) is 36.7 Å². The normalized spacial score (nSPS) is 20.7. The smallest absolute Gasteiger partial charge is 0.341 e. The highest BCUT2D eigenvalue weighted by Crippen LogP contribution is 2.40. The zero-order valence-electron chi connectivity index (χ0n) is 15.0. The zero-order valence-corrected chi connectivity index (χ0v) is 15.0. The third-order valence-corrected chi connectivity index (χ3v) is 5.02. The topological polar surface area (TPSA) is 87.1 Å². The Bertz CT molecular complexity index is 846. The number of fused-ring (bicyclic) bond motifs is 1. The number of para-hydroxylation sites is 1. The molecule has 2 aliphatic heterocycles. The van der Waals surface area contributed by atoms with E-state index in [4.69, 9.17) is 18.9 Å². The monoisotopic (exact) mass is 371 g/mol. The molecule has 142 valence electrons. The van der Waals surface area contributed by atoms with E-state index in [2.05, 4.69) is 4.98 Å². The summed E-state index contributed by atoms with van der Waals surface area (Å²) in [4.78, 5) is 16.2. The molecule has 1 N–H and O–H groups in total. The number of hydrogen-bond acceptors (Lipinski definition) is 7. The molecule has 2 aromatic rings. The van der Waals surface area contributed by atoms with Crippen molar-refractivity contribution in [1.82, 2.24) is 4.98 Å². The Balaban J connectivity index is 1.60. The SMILES string of the molecule is COC(=O)c1cccc2c1OCC(c1cncc(C3(O)CCOCC3)c1)O2. The molecular weight excluding hydrogens is 350 g/mol. The molecule has 1 saturated heterocycles. The quantitative estimate of drug-likeness (QED) is 0.829. The highest BCUT2D eigenvalue weighted by atomic mass is 16.6. The minimum absolute atomic E-state index is 0.230. The van der Waals surface area contributed by atoms with Gasteiger partial charge in [-0.2, -0.15) is 0 Å². The van der Waals surface area contributed by atoms with Gasteiger partial charge in [0.2, 0.25) is 0 Å². The molecule has 0 bridgehead atoms. The van der Waals surface area contributed by atoms with E-state index >= 15 is 0 Å². The Morgan fingerprint density at radius 2 is 2.11 bits per heavy atom. The molecule has 0 spiro atoms. The van der Waals surface area contributed by atoms with Crippen molar-refractivity contribution >= 4 is 5.97 Å². The van der Waals surface area contributed by atoms with E-state index in [1.54, 1.807) is 30.6 Å². The summed E-state index contributed by atoms with van der Waals surface area (Å²) in [5, 5.41) is 10.9. The summed E-state index contributed by atoms with van der Waals surface area (Å²) in [6.07, 6.45) is 4.06. The van der Waals surface area contributed by atoms with E-state index in [-0.39, 0.29) is 12.7 Å². The average molecular weight is 371 g/mol. The van der Waals surface area contributed by atoms with E-state index in [9.17, 15) is 9.90 Å². The van der Waals surface area contributed by atoms with Gasteiger partial charge >= 0.3 is 5.97 Å². The molecule has 1 atom stereocenters. The fraction of sp³-hybridized carbons (Fsp3) is 0.400. The van der Waals surface area contributed by atoms with Gasteiger partial charge in [-0.1, -0.05) is 6.07 Å².